The Balaban J connectivity index is 2.80. The van der Waals surface area contributed by atoms with Gasteiger partial charge in [0.2, 0.25) is 0 Å². The minimum Gasteiger partial charge on any atom is -0.462 e. The maximum Gasteiger partial charge on any atom is 0.340 e. The van der Waals surface area contributed by atoms with Crippen LogP contribution in [0.15, 0.2) is 36.3 Å². The van der Waals surface area contributed by atoms with Gasteiger partial charge in [0.05, 0.1) is 18.5 Å². The molecule has 1 unspecified atom stereocenters. The van der Waals surface area contributed by atoms with Gasteiger partial charge in [0.1, 0.15) is 5.57 Å². The number of carbonyl (C=O) groups is 1. The number of aliphatic hydroxyl groups excluding tert-OH is 1. The number of hydrogen-bond donors (Lipinski definition) is 2. The predicted molar refractivity (Wildman–Crippen MR) is 70.2 cm³/mol. The lowest BCUT2D eigenvalue weighted by molar-refractivity contribution is -0.144. The molecule has 1 aromatic rings. The molecule has 104 valence electrons. The molecule has 0 amide bonds. The first-order valence-corrected chi connectivity index (χ1v) is 6.02. The van der Waals surface area contributed by atoms with Gasteiger partial charge in [-0.25, -0.2) is 4.79 Å². The Kier molecular flexibility index (Phi) is 6.56. The fourth-order valence-electron chi connectivity index (χ4n) is 1.30. The Morgan fingerprint density at radius 3 is 2.89 bits per heavy atom. The van der Waals surface area contributed by atoms with Crippen LogP contribution in [0.2, 0.25) is 0 Å². The number of nitrogens with zero attached hydrogens (tertiary/aromatic N) is 1. The highest BCUT2D eigenvalue weighted by Gasteiger charge is 2.20. The molecule has 1 rings (SSSR count). The minimum absolute atomic E-state index is 0.00699. The zero-order valence-corrected chi connectivity index (χ0v) is 11.0. The van der Waals surface area contributed by atoms with Crippen LogP contribution in [0.1, 0.15) is 13.8 Å². The monoisotopic (exact) mass is 266 g/mol. The van der Waals surface area contributed by atoms with E-state index >= 15 is 0 Å². The summed E-state index contributed by atoms with van der Waals surface area (Å²) in [4.78, 5) is 15.6. The van der Waals surface area contributed by atoms with Crippen molar-refractivity contribution in [3.63, 3.8) is 0 Å². The van der Waals surface area contributed by atoms with Crippen LogP contribution in [0.4, 0.5) is 5.69 Å². The van der Waals surface area contributed by atoms with E-state index in [-0.39, 0.29) is 18.8 Å². The molecule has 0 aliphatic heterocycles. The van der Waals surface area contributed by atoms with Crippen molar-refractivity contribution in [3.8, 4) is 0 Å². The average molecular weight is 266 g/mol. The standard InChI is InChI=1S/C13H18N2O4/c1-3-18-12(16)11(13(17)19-4-2)9-15-10-6-5-7-14-8-10/h5-9,12,15-16H,3-4H2,1-2H3/b11-9+. The zero-order chi connectivity index (χ0) is 14.1. The molecule has 0 spiro atoms. The number of aliphatic hydroxyl groups is 1. The molecule has 1 atom stereocenters. The van der Waals surface area contributed by atoms with Crippen molar-refractivity contribution in [2.45, 2.75) is 20.1 Å². The number of nitrogens with one attached hydrogen (secondary N) is 1. The highest BCUT2D eigenvalue weighted by molar-refractivity contribution is 5.89. The van der Waals surface area contributed by atoms with Gasteiger partial charge in [0, 0.05) is 19.0 Å². The first-order valence-electron chi connectivity index (χ1n) is 6.02. The van der Waals surface area contributed by atoms with Gasteiger partial charge in [0.15, 0.2) is 6.29 Å². The molecule has 0 saturated carbocycles. The molecule has 0 aliphatic carbocycles. The van der Waals surface area contributed by atoms with Gasteiger partial charge in [-0.3, -0.25) is 4.98 Å². The topological polar surface area (TPSA) is 80.7 Å². The van der Waals surface area contributed by atoms with Crippen LogP contribution < -0.4 is 5.32 Å². The van der Waals surface area contributed by atoms with E-state index in [0.29, 0.717) is 5.69 Å². The lowest BCUT2D eigenvalue weighted by atomic mass is 10.2. The molecule has 0 bridgehead atoms. The fraction of sp³-hybridized carbons (Fsp3) is 0.385. The van der Waals surface area contributed by atoms with Crippen molar-refractivity contribution in [2.75, 3.05) is 18.5 Å². The normalized spacial score (nSPS) is 12.9. The van der Waals surface area contributed by atoms with Crippen molar-refractivity contribution in [1.82, 2.24) is 4.98 Å². The van der Waals surface area contributed by atoms with Crippen LogP contribution in [0.25, 0.3) is 0 Å². The molecule has 19 heavy (non-hydrogen) atoms. The summed E-state index contributed by atoms with van der Waals surface area (Å²) in [6.07, 6.45) is 3.26. The summed E-state index contributed by atoms with van der Waals surface area (Å²) in [5.41, 5.74) is 0.695. The molecule has 1 heterocycles. The van der Waals surface area contributed by atoms with Gasteiger partial charge in [-0.05, 0) is 26.0 Å². The second kappa shape index (κ2) is 8.23. The molecule has 0 aliphatic rings. The molecular weight excluding hydrogens is 248 g/mol. The number of aromatic nitrogens is 1. The van der Waals surface area contributed by atoms with Crippen molar-refractivity contribution in [1.29, 1.82) is 0 Å². The van der Waals surface area contributed by atoms with Gasteiger partial charge in [-0.1, -0.05) is 0 Å². The van der Waals surface area contributed by atoms with E-state index in [1.807, 2.05) is 0 Å². The van der Waals surface area contributed by atoms with E-state index in [1.54, 1.807) is 38.4 Å². The Morgan fingerprint density at radius 2 is 2.32 bits per heavy atom. The number of hydrogen-bond acceptors (Lipinski definition) is 6. The van der Waals surface area contributed by atoms with Gasteiger partial charge in [0.25, 0.3) is 0 Å². The maximum absolute atomic E-state index is 11.7. The molecule has 6 heteroatoms. The number of carbonyl (C=O) groups excluding carboxylic acids is 1. The summed E-state index contributed by atoms with van der Waals surface area (Å²) in [7, 11) is 0. The molecule has 2 N–H and O–H groups in total. The lowest BCUT2D eigenvalue weighted by Gasteiger charge is -2.14. The fourth-order valence-corrected chi connectivity index (χ4v) is 1.30. The largest absolute Gasteiger partial charge is 0.462 e. The number of rotatable bonds is 7. The number of esters is 1. The van der Waals surface area contributed by atoms with Gasteiger partial charge < -0.3 is 19.9 Å². The van der Waals surface area contributed by atoms with Crippen molar-refractivity contribution in [3.05, 3.63) is 36.3 Å². The Bertz CT molecular complexity index is 420. The third kappa shape index (κ3) is 5.07. The summed E-state index contributed by atoms with van der Waals surface area (Å²) in [5.74, 6) is -0.625. The third-order valence-corrected chi connectivity index (χ3v) is 2.16. The summed E-state index contributed by atoms with van der Waals surface area (Å²) in [5, 5.41) is 12.6. The van der Waals surface area contributed by atoms with E-state index in [4.69, 9.17) is 9.47 Å². The Hall–Kier alpha value is -1.92. The smallest absolute Gasteiger partial charge is 0.340 e. The Morgan fingerprint density at radius 1 is 1.53 bits per heavy atom. The van der Waals surface area contributed by atoms with E-state index in [0.717, 1.165) is 0 Å². The number of ether oxygens (including phenoxy) is 2. The van der Waals surface area contributed by atoms with E-state index in [9.17, 15) is 9.90 Å². The molecule has 1 aromatic heterocycles. The molecular formula is C13H18N2O4. The van der Waals surface area contributed by atoms with E-state index in [1.165, 1.54) is 6.20 Å². The second-order valence-electron chi connectivity index (χ2n) is 3.51. The summed E-state index contributed by atoms with van der Waals surface area (Å²) in [6.45, 7) is 3.92. The molecule has 0 fully saturated rings. The van der Waals surface area contributed by atoms with Gasteiger partial charge >= 0.3 is 5.97 Å². The zero-order valence-electron chi connectivity index (χ0n) is 11.0. The average Bonchev–Trinajstić information content (AvgIpc) is 2.41. The van der Waals surface area contributed by atoms with E-state index in [2.05, 4.69) is 10.3 Å². The van der Waals surface area contributed by atoms with Crippen LogP contribution in [-0.4, -0.2) is 35.6 Å². The highest BCUT2D eigenvalue weighted by atomic mass is 16.6. The minimum atomic E-state index is -1.33. The molecule has 0 saturated heterocycles. The van der Waals surface area contributed by atoms with Crippen LogP contribution in [0, 0.1) is 0 Å². The third-order valence-electron chi connectivity index (χ3n) is 2.16. The van der Waals surface area contributed by atoms with Crippen LogP contribution >= 0.6 is 0 Å². The predicted octanol–water partition coefficient (Wildman–Crippen LogP) is 1.30. The van der Waals surface area contributed by atoms with Gasteiger partial charge in [-0.15, -0.1) is 0 Å². The van der Waals surface area contributed by atoms with Crippen molar-refractivity contribution < 1.29 is 19.4 Å². The number of pyridine rings is 1. The summed E-state index contributed by atoms with van der Waals surface area (Å²) >= 11 is 0. The molecule has 6 nitrogen and oxygen atoms in total. The molecule has 0 aromatic carbocycles. The van der Waals surface area contributed by atoms with Crippen molar-refractivity contribution >= 4 is 11.7 Å². The quantitative estimate of drug-likeness (QED) is 0.440. The number of anilines is 1. The first-order chi connectivity index (χ1) is 9.19. The summed E-state index contributed by atoms with van der Waals surface area (Å²) in [6, 6.07) is 3.53. The van der Waals surface area contributed by atoms with Crippen LogP contribution in [0.5, 0.6) is 0 Å². The maximum atomic E-state index is 11.7. The van der Waals surface area contributed by atoms with Crippen molar-refractivity contribution in [2.24, 2.45) is 0 Å². The van der Waals surface area contributed by atoms with Gasteiger partial charge in [-0.2, -0.15) is 0 Å². The lowest BCUT2D eigenvalue weighted by Crippen LogP contribution is -2.24. The highest BCUT2D eigenvalue weighted by Crippen LogP contribution is 2.10. The van der Waals surface area contributed by atoms with Crippen LogP contribution in [-0.2, 0) is 14.3 Å². The van der Waals surface area contributed by atoms with E-state index < -0.39 is 12.3 Å². The Labute approximate surface area is 112 Å². The second-order valence-corrected chi connectivity index (χ2v) is 3.51. The van der Waals surface area contributed by atoms with Crippen LogP contribution in [0.3, 0.4) is 0 Å². The summed E-state index contributed by atoms with van der Waals surface area (Å²) < 4.78 is 9.85. The SMILES string of the molecule is CCOC(=O)/C(=C/Nc1cccnc1)C(O)OCC. The molecule has 0 radical (unpaired) electrons. The first kappa shape index (κ1) is 15.1.